The quantitative estimate of drug-likeness (QED) is 0.225. The molecular weight excluding hydrogens is 442 g/mol. The second-order valence-electron chi connectivity index (χ2n) is 8.18. The van der Waals surface area contributed by atoms with Gasteiger partial charge in [0.15, 0.2) is 0 Å². The van der Waals surface area contributed by atoms with Crippen molar-refractivity contribution < 1.29 is 13.2 Å². The van der Waals surface area contributed by atoms with Crippen LogP contribution < -0.4 is 0 Å². The van der Waals surface area contributed by atoms with E-state index in [4.69, 9.17) is 0 Å². The summed E-state index contributed by atoms with van der Waals surface area (Å²) < 4.78 is 30.5. The zero-order valence-electron chi connectivity index (χ0n) is 18.5. The van der Waals surface area contributed by atoms with Gasteiger partial charge in [-0.1, -0.05) is 90.5 Å². The smallest absolute Gasteiger partial charge is 0.283 e. The molecule has 0 aromatic heterocycles. The molecule has 0 bridgehead atoms. The Labute approximate surface area is 198 Å². The molecule has 34 heavy (non-hydrogen) atoms. The highest BCUT2D eigenvalue weighted by atomic mass is 32.2. The summed E-state index contributed by atoms with van der Waals surface area (Å²) in [4.78, 5) is 13.7. The monoisotopic (exact) mass is 463 g/mol. The third-order valence-electron chi connectivity index (χ3n) is 5.78. The second-order valence-corrected chi connectivity index (χ2v) is 9.79. The molecule has 0 aliphatic carbocycles. The molecule has 0 unspecified atom stereocenters. The van der Waals surface area contributed by atoms with E-state index >= 15 is 0 Å². The number of carbonyl (C=O) groups is 1. The van der Waals surface area contributed by atoms with E-state index in [1.54, 1.807) is 36.4 Å². The maximum Gasteiger partial charge on any atom is 0.283 e. The van der Waals surface area contributed by atoms with Crippen LogP contribution in [0.2, 0.25) is 0 Å². The molecule has 0 atom stereocenters. The Morgan fingerprint density at radius 2 is 1.12 bits per heavy atom. The van der Waals surface area contributed by atoms with Gasteiger partial charge in [-0.15, -0.1) is 0 Å². The molecule has 5 aromatic carbocycles. The lowest BCUT2D eigenvalue weighted by Crippen LogP contribution is -2.18. The van der Waals surface area contributed by atoms with Gasteiger partial charge in [0, 0.05) is 11.1 Å². The summed E-state index contributed by atoms with van der Waals surface area (Å²) in [5, 5.41) is 3.78. The Hall–Kier alpha value is -4.09. The Morgan fingerprint density at radius 3 is 1.71 bits per heavy atom. The summed E-state index contributed by atoms with van der Waals surface area (Å²) in [7, 11) is -4.11. The van der Waals surface area contributed by atoms with Gasteiger partial charge in [-0.2, -0.15) is 12.8 Å². The highest BCUT2D eigenvalue weighted by molar-refractivity contribution is 7.90. The van der Waals surface area contributed by atoms with E-state index < -0.39 is 15.8 Å². The van der Waals surface area contributed by atoms with Gasteiger partial charge in [-0.25, -0.2) is 0 Å². The highest BCUT2D eigenvalue weighted by Crippen LogP contribution is 2.22. The topological polar surface area (TPSA) is 63.6 Å². The molecule has 5 aromatic rings. The number of aryl methyl sites for hydroxylation is 1. The van der Waals surface area contributed by atoms with Crippen molar-refractivity contribution in [1.82, 2.24) is 0 Å². The molecule has 0 N–H and O–H groups in total. The maximum atomic E-state index is 13.7. The molecule has 0 amide bonds. The Bertz CT molecular complexity index is 1680. The minimum Gasteiger partial charge on any atom is -0.287 e. The first kappa shape index (κ1) is 21.7. The van der Waals surface area contributed by atoms with Gasteiger partial charge in [-0.3, -0.25) is 4.79 Å². The second kappa shape index (κ2) is 8.69. The summed E-state index contributed by atoms with van der Waals surface area (Å²) in [6.45, 7) is 1.88. The van der Waals surface area contributed by atoms with E-state index in [-0.39, 0.29) is 10.6 Å². The van der Waals surface area contributed by atoms with Crippen molar-refractivity contribution in [3.05, 3.63) is 126 Å². The van der Waals surface area contributed by atoms with Crippen molar-refractivity contribution in [2.24, 2.45) is 4.40 Å². The normalized spacial score (nSPS) is 12.2. The van der Waals surface area contributed by atoms with E-state index in [9.17, 15) is 13.2 Å². The summed E-state index contributed by atoms with van der Waals surface area (Å²) in [6.07, 6.45) is 0. The van der Waals surface area contributed by atoms with Crippen molar-refractivity contribution in [2.45, 2.75) is 11.8 Å². The van der Waals surface area contributed by atoms with Gasteiger partial charge in [0.05, 0.1) is 4.90 Å². The summed E-state index contributed by atoms with van der Waals surface area (Å²) in [5.41, 5.74) is 1.66. The van der Waals surface area contributed by atoms with Crippen LogP contribution in [0, 0.1) is 6.92 Å². The van der Waals surface area contributed by atoms with E-state index in [2.05, 4.69) is 4.40 Å². The van der Waals surface area contributed by atoms with Crippen molar-refractivity contribution in [1.29, 1.82) is 0 Å². The molecular formula is C29H21NO3S. The average Bonchev–Trinajstić information content (AvgIpc) is 2.86. The molecule has 4 nitrogen and oxygen atoms in total. The molecule has 0 heterocycles. The van der Waals surface area contributed by atoms with Crippen LogP contribution in [0.1, 0.15) is 21.5 Å². The fourth-order valence-corrected chi connectivity index (χ4v) is 4.93. The third-order valence-corrected chi connectivity index (χ3v) is 7.07. The van der Waals surface area contributed by atoms with Crippen molar-refractivity contribution in [3.8, 4) is 0 Å². The van der Waals surface area contributed by atoms with Crippen molar-refractivity contribution in [2.75, 3.05) is 0 Å². The molecule has 166 valence electrons. The molecule has 0 saturated carbocycles. The minimum absolute atomic E-state index is 0.0442. The number of ketones is 1. The van der Waals surface area contributed by atoms with Crippen LogP contribution in [0.15, 0.2) is 118 Å². The van der Waals surface area contributed by atoms with Gasteiger partial charge in [0.1, 0.15) is 5.71 Å². The predicted molar refractivity (Wildman–Crippen MR) is 137 cm³/mol. The first-order valence-electron chi connectivity index (χ1n) is 10.8. The minimum atomic E-state index is -4.11. The molecule has 0 aliphatic rings. The number of carbonyl (C=O) groups excluding carboxylic acids is 1. The largest absolute Gasteiger partial charge is 0.287 e. The number of sulfonamides is 1. The van der Waals surface area contributed by atoms with Crippen LogP contribution in [0.3, 0.4) is 0 Å². The Kier molecular flexibility index (Phi) is 5.56. The van der Waals surface area contributed by atoms with E-state index in [0.29, 0.717) is 11.1 Å². The lowest BCUT2D eigenvalue weighted by atomic mass is 9.97. The molecule has 0 saturated heterocycles. The van der Waals surface area contributed by atoms with Gasteiger partial charge in [0.2, 0.25) is 5.78 Å². The molecule has 5 rings (SSSR count). The molecule has 0 fully saturated rings. The van der Waals surface area contributed by atoms with Crippen LogP contribution in [0.25, 0.3) is 21.5 Å². The number of hydrogen-bond acceptors (Lipinski definition) is 3. The Balaban J connectivity index is 1.68. The number of Topliss-reactive ketones (excluding diaryl/α,β-unsaturated/α-hetero) is 1. The lowest BCUT2D eigenvalue weighted by molar-refractivity contribution is 0.106. The Morgan fingerprint density at radius 1 is 0.618 bits per heavy atom. The number of rotatable bonds is 5. The van der Waals surface area contributed by atoms with Gasteiger partial charge < -0.3 is 0 Å². The summed E-state index contributed by atoms with van der Waals surface area (Å²) in [5.74, 6) is -0.447. The first-order valence-corrected chi connectivity index (χ1v) is 12.3. The maximum absolute atomic E-state index is 13.7. The van der Waals surface area contributed by atoms with Crippen LogP contribution in [-0.2, 0) is 10.0 Å². The molecule has 0 aliphatic heterocycles. The van der Waals surface area contributed by atoms with Crippen LogP contribution >= 0.6 is 0 Å². The first-order chi connectivity index (χ1) is 16.4. The van der Waals surface area contributed by atoms with Crippen molar-refractivity contribution >= 4 is 43.1 Å². The number of nitrogens with zero attached hydrogens (tertiary/aromatic N) is 1. The van der Waals surface area contributed by atoms with Gasteiger partial charge in [0.25, 0.3) is 10.0 Å². The third kappa shape index (κ3) is 4.26. The highest BCUT2D eigenvalue weighted by Gasteiger charge is 2.22. The summed E-state index contributed by atoms with van der Waals surface area (Å²) in [6, 6.07) is 32.6. The van der Waals surface area contributed by atoms with E-state index in [1.807, 2.05) is 67.6 Å². The van der Waals surface area contributed by atoms with E-state index in [1.165, 1.54) is 12.1 Å². The molecule has 0 radical (unpaired) electrons. The number of hydrogen-bond donors (Lipinski definition) is 0. The lowest BCUT2D eigenvalue weighted by Gasteiger charge is -2.10. The van der Waals surface area contributed by atoms with Gasteiger partial charge in [-0.05, 0) is 52.7 Å². The SMILES string of the molecule is Cc1ccc(S(=O)(=O)/N=C(/C(=O)c2ccc3ccccc3c2)c2ccc3ccccc3c2)cc1. The van der Waals surface area contributed by atoms with Crippen LogP contribution in [0.5, 0.6) is 0 Å². The zero-order valence-corrected chi connectivity index (χ0v) is 19.3. The predicted octanol–water partition coefficient (Wildman–Crippen LogP) is 6.36. The fraction of sp³-hybridized carbons (Fsp3) is 0.0345. The average molecular weight is 464 g/mol. The number of benzene rings is 5. The van der Waals surface area contributed by atoms with Crippen LogP contribution in [0.4, 0.5) is 0 Å². The standard InChI is InChI=1S/C29H21NO3S/c1-20-10-16-27(17-11-20)34(32,33)30-28(25-14-12-21-6-2-4-8-23(21)18-25)29(31)26-15-13-22-7-3-5-9-24(22)19-26/h2-19H,1H3/b30-28+. The number of fused-ring (bicyclic) bond motifs is 2. The van der Waals surface area contributed by atoms with E-state index in [0.717, 1.165) is 27.1 Å². The zero-order chi connectivity index (χ0) is 23.7. The molecule has 0 spiro atoms. The van der Waals surface area contributed by atoms with Crippen molar-refractivity contribution in [3.63, 3.8) is 0 Å². The molecule has 5 heteroatoms. The fourth-order valence-electron chi connectivity index (χ4n) is 3.91. The van der Waals surface area contributed by atoms with Gasteiger partial charge >= 0.3 is 0 Å². The van der Waals surface area contributed by atoms with Crippen LogP contribution in [-0.4, -0.2) is 19.9 Å². The summed E-state index contributed by atoms with van der Waals surface area (Å²) >= 11 is 0.